The molecule has 2 aromatic carbocycles. The Morgan fingerprint density at radius 3 is 2.58 bits per heavy atom. The molecule has 0 saturated carbocycles. The number of carbonyl (C=O) groups is 1. The molecular weight excluding hydrogens is 394 g/mol. The van der Waals surface area contributed by atoms with Crippen molar-refractivity contribution >= 4 is 11.6 Å². The van der Waals surface area contributed by atoms with Gasteiger partial charge in [0.15, 0.2) is 11.5 Å². The molecule has 0 bridgehead atoms. The van der Waals surface area contributed by atoms with Crippen molar-refractivity contribution in [3.05, 3.63) is 53.6 Å². The molecule has 2 heterocycles. The van der Waals surface area contributed by atoms with E-state index in [4.69, 9.17) is 18.9 Å². The fraction of sp³-hybridized carbons (Fsp3) is 0.480. The topological polar surface area (TPSA) is 57.2 Å². The average molecular weight is 426 g/mol. The number of hydrogen-bond acceptors (Lipinski definition) is 5. The Bertz CT molecular complexity index is 907. The lowest BCUT2D eigenvalue weighted by molar-refractivity contribution is -0.256. The van der Waals surface area contributed by atoms with Crippen LogP contribution in [0.1, 0.15) is 43.7 Å². The maximum atomic E-state index is 13.4. The van der Waals surface area contributed by atoms with Gasteiger partial charge in [0, 0.05) is 12.1 Å². The zero-order valence-electron chi connectivity index (χ0n) is 18.4. The van der Waals surface area contributed by atoms with E-state index in [2.05, 4.69) is 19.1 Å². The summed E-state index contributed by atoms with van der Waals surface area (Å²) >= 11 is 0. The van der Waals surface area contributed by atoms with Gasteiger partial charge in [-0.2, -0.15) is 0 Å². The lowest BCUT2D eigenvalue weighted by atomic mass is 10.00. The van der Waals surface area contributed by atoms with Crippen LogP contribution in [0, 0.1) is 0 Å². The summed E-state index contributed by atoms with van der Waals surface area (Å²) in [5.41, 5.74) is 2.94. The number of nitrogens with zero attached hydrogens (tertiary/aromatic N) is 1. The Labute approximate surface area is 184 Å². The monoisotopic (exact) mass is 425 g/mol. The van der Waals surface area contributed by atoms with Crippen LogP contribution in [0.15, 0.2) is 42.5 Å². The van der Waals surface area contributed by atoms with Crippen molar-refractivity contribution in [2.24, 2.45) is 0 Å². The maximum Gasteiger partial charge on any atom is 0.292 e. The highest BCUT2D eigenvalue weighted by Crippen LogP contribution is 2.45. The van der Waals surface area contributed by atoms with Crippen molar-refractivity contribution in [1.29, 1.82) is 0 Å². The lowest BCUT2D eigenvalue weighted by Gasteiger charge is -2.32. The lowest BCUT2D eigenvalue weighted by Crippen LogP contribution is -2.47. The zero-order valence-corrected chi connectivity index (χ0v) is 18.4. The van der Waals surface area contributed by atoms with Gasteiger partial charge < -0.3 is 23.8 Å². The number of benzene rings is 2. The van der Waals surface area contributed by atoms with Crippen LogP contribution in [0.25, 0.3) is 0 Å². The van der Waals surface area contributed by atoms with Gasteiger partial charge in [-0.1, -0.05) is 31.5 Å². The van der Waals surface area contributed by atoms with E-state index < -0.39 is 5.79 Å². The van der Waals surface area contributed by atoms with Crippen molar-refractivity contribution in [3.63, 3.8) is 0 Å². The second kappa shape index (κ2) is 9.71. The summed E-state index contributed by atoms with van der Waals surface area (Å²) < 4.78 is 23.2. The molecule has 1 saturated heterocycles. The van der Waals surface area contributed by atoms with Crippen LogP contribution >= 0.6 is 0 Å². The Kier molecular flexibility index (Phi) is 6.78. The first kappa shape index (κ1) is 21.7. The number of unbranched alkanes of at least 4 members (excludes halogenated alkanes) is 1. The maximum absolute atomic E-state index is 13.4. The van der Waals surface area contributed by atoms with Crippen molar-refractivity contribution in [2.75, 3.05) is 38.4 Å². The van der Waals surface area contributed by atoms with E-state index in [9.17, 15) is 4.79 Å². The second-order valence-corrected chi connectivity index (χ2v) is 7.93. The van der Waals surface area contributed by atoms with Crippen LogP contribution in [0.2, 0.25) is 0 Å². The molecule has 166 valence electrons. The van der Waals surface area contributed by atoms with Crippen molar-refractivity contribution in [1.82, 2.24) is 0 Å². The minimum Gasteiger partial charge on any atom is -0.493 e. The number of fused-ring (bicyclic) bond motifs is 2. The number of para-hydroxylation sites is 2. The Morgan fingerprint density at radius 1 is 1.06 bits per heavy atom. The van der Waals surface area contributed by atoms with Gasteiger partial charge in [0.2, 0.25) is 0 Å². The number of amides is 1. The summed E-state index contributed by atoms with van der Waals surface area (Å²) in [7, 11) is 1.63. The molecule has 1 spiro atoms. The molecule has 2 aliphatic heterocycles. The Hall–Kier alpha value is -2.57. The largest absolute Gasteiger partial charge is 0.493 e. The summed E-state index contributed by atoms with van der Waals surface area (Å²) in [6, 6.07) is 13.8. The van der Waals surface area contributed by atoms with Crippen LogP contribution in [0.4, 0.5) is 5.69 Å². The summed E-state index contributed by atoms with van der Waals surface area (Å²) in [6.45, 7) is 4.23. The number of methoxy groups -OCH3 is 1. The molecular formula is C25H31NO5. The summed E-state index contributed by atoms with van der Waals surface area (Å²) in [5, 5.41) is 0. The van der Waals surface area contributed by atoms with E-state index in [-0.39, 0.29) is 5.91 Å². The fourth-order valence-electron chi connectivity index (χ4n) is 4.20. The molecule has 2 aromatic rings. The van der Waals surface area contributed by atoms with Gasteiger partial charge in [-0.15, -0.1) is 0 Å². The first-order chi connectivity index (χ1) is 15.2. The predicted octanol–water partition coefficient (Wildman–Crippen LogP) is 4.44. The molecule has 0 aromatic heterocycles. The number of rotatable bonds is 9. The third kappa shape index (κ3) is 4.27. The SMILES string of the molecule is CCCCc1ccc2c(c1)C1(OCCCO1)C(=O)N2CCCOc1ccccc1OC. The summed E-state index contributed by atoms with van der Waals surface area (Å²) in [4.78, 5) is 15.2. The van der Waals surface area contributed by atoms with Crippen LogP contribution in [-0.2, 0) is 26.5 Å². The quantitative estimate of drug-likeness (QED) is 0.556. The van der Waals surface area contributed by atoms with E-state index in [0.29, 0.717) is 44.3 Å². The highest BCUT2D eigenvalue weighted by Gasteiger charge is 2.54. The van der Waals surface area contributed by atoms with Gasteiger partial charge in [0.1, 0.15) is 0 Å². The zero-order chi connectivity index (χ0) is 21.7. The molecule has 0 unspecified atom stereocenters. The summed E-state index contributed by atoms with van der Waals surface area (Å²) in [5.74, 6) is -0.0202. The first-order valence-electron chi connectivity index (χ1n) is 11.2. The van der Waals surface area contributed by atoms with E-state index in [0.717, 1.165) is 36.9 Å². The first-order valence-corrected chi connectivity index (χ1v) is 11.2. The van der Waals surface area contributed by atoms with Gasteiger partial charge in [-0.05, 0) is 55.5 Å². The molecule has 1 amide bonds. The molecule has 0 radical (unpaired) electrons. The third-order valence-electron chi connectivity index (χ3n) is 5.80. The van der Waals surface area contributed by atoms with Crippen LogP contribution in [0.5, 0.6) is 11.5 Å². The molecule has 4 rings (SSSR count). The van der Waals surface area contributed by atoms with E-state index in [1.165, 1.54) is 5.56 Å². The van der Waals surface area contributed by atoms with E-state index in [1.807, 2.05) is 30.3 Å². The number of hydrogen-bond donors (Lipinski definition) is 0. The minimum atomic E-state index is -1.29. The van der Waals surface area contributed by atoms with Crippen molar-refractivity contribution in [2.45, 2.75) is 44.8 Å². The standard InChI is InChI=1S/C25H31NO5/c1-3-4-9-19-12-13-21-20(18-19)25(30-16-8-17-31-25)24(27)26(21)14-7-15-29-23-11-6-5-10-22(23)28-2/h5-6,10-13,18H,3-4,7-9,14-17H2,1-2H3. The smallest absolute Gasteiger partial charge is 0.292 e. The number of aryl methyl sites for hydroxylation is 1. The summed E-state index contributed by atoms with van der Waals surface area (Å²) in [6.07, 6.45) is 4.71. The van der Waals surface area contributed by atoms with E-state index in [1.54, 1.807) is 12.0 Å². The van der Waals surface area contributed by atoms with Crippen LogP contribution in [0.3, 0.4) is 0 Å². The minimum absolute atomic E-state index is 0.132. The third-order valence-corrected chi connectivity index (χ3v) is 5.80. The Balaban J connectivity index is 1.49. The molecule has 6 heteroatoms. The average Bonchev–Trinajstić information content (AvgIpc) is 3.03. The predicted molar refractivity (Wildman–Crippen MR) is 119 cm³/mol. The molecule has 2 aliphatic rings. The molecule has 0 atom stereocenters. The Morgan fingerprint density at radius 2 is 1.84 bits per heavy atom. The fourth-order valence-corrected chi connectivity index (χ4v) is 4.20. The molecule has 31 heavy (non-hydrogen) atoms. The van der Waals surface area contributed by atoms with Gasteiger partial charge >= 0.3 is 0 Å². The van der Waals surface area contributed by atoms with Gasteiger partial charge in [0.05, 0.1) is 32.6 Å². The van der Waals surface area contributed by atoms with Crippen LogP contribution in [-0.4, -0.2) is 39.4 Å². The van der Waals surface area contributed by atoms with Crippen molar-refractivity contribution in [3.8, 4) is 11.5 Å². The highest BCUT2D eigenvalue weighted by molar-refractivity contribution is 6.06. The van der Waals surface area contributed by atoms with Gasteiger partial charge in [0.25, 0.3) is 11.7 Å². The van der Waals surface area contributed by atoms with Crippen LogP contribution < -0.4 is 14.4 Å². The molecule has 0 N–H and O–H groups in total. The van der Waals surface area contributed by atoms with E-state index >= 15 is 0 Å². The number of carbonyl (C=O) groups excluding carboxylic acids is 1. The highest BCUT2D eigenvalue weighted by atomic mass is 16.7. The second-order valence-electron chi connectivity index (χ2n) is 7.93. The molecule has 1 fully saturated rings. The van der Waals surface area contributed by atoms with Crippen molar-refractivity contribution < 1.29 is 23.7 Å². The number of ether oxygens (including phenoxy) is 4. The normalized spacial score (nSPS) is 17.1. The molecule has 6 nitrogen and oxygen atoms in total. The molecule has 0 aliphatic carbocycles. The van der Waals surface area contributed by atoms with Gasteiger partial charge in [-0.3, -0.25) is 4.79 Å². The number of anilines is 1. The van der Waals surface area contributed by atoms with Gasteiger partial charge in [-0.25, -0.2) is 0 Å².